The lowest BCUT2D eigenvalue weighted by Crippen LogP contribution is -2.02. The van der Waals surface area contributed by atoms with Gasteiger partial charge in [0.05, 0.1) is 7.11 Å². The molecule has 3 aromatic carbocycles. The van der Waals surface area contributed by atoms with Crippen LogP contribution in [-0.2, 0) is 13.0 Å². The van der Waals surface area contributed by atoms with E-state index in [4.69, 9.17) is 9.47 Å². The van der Waals surface area contributed by atoms with Gasteiger partial charge in [0, 0.05) is 5.56 Å². The lowest BCUT2D eigenvalue weighted by molar-refractivity contribution is 0.101. The standard InChI is InChI=1S/C26H28O3/c1-6-20-11-12-22(24(14-20)19(4)27)23-15-25(28-5)26(13-18(23)3)29-16-21-10-8-7-9-17(21)2/h7-15H,6,16H2,1-5H3. The zero-order valence-electron chi connectivity index (χ0n) is 17.8. The number of Topliss-reactive ketones (excluding diaryl/α,β-unsaturated/α-hetero) is 1. The van der Waals surface area contributed by atoms with Crippen molar-refractivity contribution in [2.24, 2.45) is 0 Å². The van der Waals surface area contributed by atoms with Crippen LogP contribution in [-0.4, -0.2) is 12.9 Å². The zero-order chi connectivity index (χ0) is 21.0. The molecule has 3 rings (SSSR count). The van der Waals surface area contributed by atoms with E-state index in [9.17, 15) is 4.79 Å². The average molecular weight is 389 g/mol. The number of hydrogen-bond acceptors (Lipinski definition) is 3. The molecular formula is C26H28O3. The number of ether oxygens (including phenoxy) is 2. The molecule has 0 aliphatic carbocycles. The van der Waals surface area contributed by atoms with Gasteiger partial charge in [-0.1, -0.05) is 43.3 Å². The van der Waals surface area contributed by atoms with Crippen LogP contribution >= 0.6 is 0 Å². The van der Waals surface area contributed by atoms with Crippen molar-refractivity contribution in [3.63, 3.8) is 0 Å². The van der Waals surface area contributed by atoms with Gasteiger partial charge in [0.15, 0.2) is 17.3 Å². The number of ketones is 1. The van der Waals surface area contributed by atoms with E-state index in [-0.39, 0.29) is 5.78 Å². The second kappa shape index (κ2) is 8.95. The Kier molecular flexibility index (Phi) is 6.38. The monoisotopic (exact) mass is 388 g/mol. The van der Waals surface area contributed by atoms with Crippen LogP contribution in [0.4, 0.5) is 0 Å². The van der Waals surface area contributed by atoms with Crippen LogP contribution in [0.3, 0.4) is 0 Å². The highest BCUT2D eigenvalue weighted by atomic mass is 16.5. The van der Waals surface area contributed by atoms with Crippen molar-refractivity contribution in [2.75, 3.05) is 7.11 Å². The maximum absolute atomic E-state index is 12.3. The van der Waals surface area contributed by atoms with E-state index >= 15 is 0 Å². The van der Waals surface area contributed by atoms with E-state index in [0.717, 1.165) is 39.8 Å². The van der Waals surface area contributed by atoms with Crippen LogP contribution in [0, 0.1) is 13.8 Å². The largest absolute Gasteiger partial charge is 0.493 e. The van der Waals surface area contributed by atoms with Gasteiger partial charge in [-0.05, 0) is 78.8 Å². The second-order valence-electron chi connectivity index (χ2n) is 7.32. The zero-order valence-corrected chi connectivity index (χ0v) is 17.8. The first-order chi connectivity index (χ1) is 13.9. The average Bonchev–Trinajstić information content (AvgIpc) is 2.72. The third-order valence-electron chi connectivity index (χ3n) is 5.32. The van der Waals surface area contributed by atoms with Gasteiger partial charge in [0.2, 0.25) is 0 Å². The molecule has 0 saturated heterocycles. The Morgan fingerprint density at radius 3 is 2.31 bits per heavy atom. The van der Waals surface area contributed by atoms with E-state index < -0.39 is 0 Å². The smallest absolute Gasteiger partial charge is 0.161 e. The summed E-state index contributed by atoms with van der Waals surface area (Å²) >= 11 is 0. The number of rotatable bonds is 7. The minimum atomic E-state index is 0.0635. The van der Waals surface area contributed by atoms with Crippen molar-refractivity contribution in [1.29, 1.82) is 0 Å². The first kappa shape index (κ1) is 20.7. The molecule has 0 fully saturated rings. The molecule has 0 heterocycles. The number of carbonyl (C=O) groups excluding carboxylic acids is 1. The van der Waals surface area contributed by atoms with Gasteiger partial charge in [0.25, 0.3) is 0 Å². The highest BCUT2D eigenvalue weighted by Crippen LogP contribution is 2.37. The Morgan fingerprint density at radius 2 is 1.66 bits per heavy atom. The molecule has 0 aliphatic rings. The van der Waals surface area contributed by atoms with Crippen molar-refractivity contribution < 1.29 is 14.3 Å². The molecule has 0 unspecified atom stereocenters. The van der Waals surface area contributed by atoms with Gasteiger partial charge in [-0.2, -0.15) is 0 Å². The Labute approximate surface area is 173 Å². The molecule has 150 valence electrons. The summed E-state index contributed by atoms with van der Waals surface area (Å²) in [7, 11) is 1.64. The SMILES string of the molecule is CCc1ccc(-c2cc(OC)c(OCc3ccccc3C)cc2C)c(C(C)=O)c1. The fourth-order valence-corrected chi connectivity index (χ4v) is 3.49. The summed E-state index contributed by atoms with van der Waals surface area (Å²) in [4.78, 5) is 12.3. The van der Waals surface area contributed by atoms with Crippen molar-refractivity contribution >= 4 is 5.78 Å². The van der Waals surface area contributed by atoms with E-state index in [0.29, 0.717) is 18.1 Å². The predicted octanol–water partition coefficient (Wildman–Crippen LogP) is 6.32. The van der Waals surface area contributed by atoms with Gasteiger partial charge in [-0.25, -0.2) is 0 Å². The molecule has 3 heteroatoms. The third-order valence-corrected chi connectivity index (χ3v) is 5.32. The lowest BCUT2D eigenvalue weighted by Gasteiger charge is -2.17. The van der Waals surface area contributed by atoms with E-state index in [1.54, 1.807) is 14.0 Å². The maximum Gasteiger partial charge on any atom is 0.161 e. The quantitative estimate of drug-likeness (QED) is 0.444. The molecular weight excluding hydrogens is 360 g/mol. The molecule has 3 nitrogen and oxygen atoms in total. The van der Waals surface area contributed by atoms with E-state index in [1.807, 2.05) is 43.3 Å². The van der Waals surface area contributed by atoms with Gasteiger partial charge in [-0.3, -0.25) is 4.79 Å². The number of carbonyl (C=O) groups is 1. The first-order valence-corrected chi connectivity index (χ1v) is 9.94. The van der Waals surface area contributed by atoms with Crippen LogP contribution in [0.1, 0.15) is 46.5 Å². The Hall–Kier alpha value is -3.07. The molecule has 0 amide bonds. The number of aryl methyl sites for hydroxylation is 3. The minimum Gasteiger partial charge on any atom is -0.493 e. The summed E-state index contributed by atoms with van der Waals surface area (Å²) in [6, 6.07) is 18.2. The highest BCUT2D eigenvalue weighted by Gasteiger charge is 2.16. The van der Waals surface area contributed by atoms with Gasteiger partial charge in [0.1, 0.15) is 6.61 Å². The number of hydrogen-bond donors (Lipinski definition) is 0. The van der Waals surface area contributed by atoms with E-state index in [2.05, 4.69) is 32.0 Å². The van der Waals surface area contributed by atoms with Crippen molar-refractivity contribution in [3.05, 3.63) is 82.4 Å². The number of methoxy groups -OCH3 is 1. The Bertz CT molecular complexity index is 1030. The molecule has 0 aromatic heterocycles. The topological polar surface area (TPSA) is 35.5 Å². The molecule has 0 spiro atoms. The molecule has 0 radical (unpaired) electrons. The fourth-order valence-electron chi connectivity index (χ4n) is 3.49. The lowest BCUT2D eigenvalue weighted by atomic mass is 9.92. The summed E-state index contributed by atoms with van der Waals surface area (Å²) in [5, 5.41) is 0. The molecule has 0 saturated carbocycles. The molecule has 0 aliphatic heterocycles. The van der Waals surface area contributed by atoms with Crippen LogP contribution in [0.25, 0.3) is 11.1 Å². The van der Waals surface area contributed by atoms with Crippen LogP contribution in [0.5, 0.6) is 11.5 Å². The molecule has 0 bridgehead atoms. The van der Waals surface area contributed by atoms with Crippen LogP contribution < -0.4 is 9.47 Å². The molecule has 0 atom stereocenters. The van der Waals surface area contributed by atoms with Crippen molar-refractivity contribution in [2.45, 2.75) is 40.7 Å². The second-order valence-corrected chi connectivity index (χ2v) is 7.32. The highest BCUT2D eigenvalue weighted by molar-refractivity contribution is 6.01. The van der Waals surface area contributed by atoms with Crippen LogP contribution in [0.15, 0.2) is 54.6 Å². The van der Waals surface area contributed by atoms with Gasteiger partial charge < -0.3 is 9.47 Å². The normalized spacial score (nSPS) is 10.7. The van der Waals surface area contributed by atoms with Crippen molar-refractivity contribution in [1.82, 2.24) is 0 Å². The van der Waals surface area contributed by atoms with E-state index in [1.165, 1.54) is 5.56 Å². The van der Waals surface area contributed by atoms with Crippen LogP contribution in [0.2, 0.25) is 0 Å². The molecule has 3 aromatic rings. The fraction of sp³-hybridized carbons (Fsp3) is 0.269. The summed E-state index contributed by atoms with van der Waals surface area (Å²) in [6.07, 6.45) is 0.897. The summed E-state index contributed by atoms with van der Waals surface area (Å²) in [6.45, 7) is 8.30. The Morgan fingerprint density at radius 1 is 0.897 bits per heavy atom. The van der Waals surface area contributed by atoms with Crippen molar-refractivity contribution in [3.8, 4) is 22.6 Å². The minimum absolute atomic E-state index is 0.0635. The molecule has 0 N–H and O–H groups in total. The predicted molar refractivity (Wildman–Crippen MR) is 118 cm³/mol. The summed E-state index contributed by atoms with van der Waals surface area (Å²) in [5.74, 6) is 1.42. The third kappa shape index (κ3) is 4.51. The Balaban J connectivity index is 1.99. The summed E-state index contributed by atoms with van der Waals surface area (Å²) in [5.41, 5.74) is 7.18. The first-order valence-electron chi connectivity index (χ1n) is 9.94. The van der Waals surface area contributed by atoms with Gasteiger partial charge >= 0.3 is 0 Å². The number of benzene rings is 3. The maximum atomic E-state index is 12.3. The summed E-state index contributed by atoms with van der Waals surface area (Å²) < 4.78 is 11.7. The van der Waals surface area contributed by atoms with Gasteiger partial charge in [-0.15, -0.1) is 0 Å². The molecule has 29 heavy (non-hydrogen) atoms.